The smallest absolute Gasteiger partial charge is 0.136 e. The number of Topliss-reactive ketones (excluding diaryl/α,β-unsaturated/α-hetero) is 1. The van der Waals surface area contributed by atoms with E-state index in [0.29, 0.717) is 23.5 Å². The largest absolute Gasteiger partial charge is 0.299 e. The Morgan fingerprint density at radius 1 is 1.57 bits per heavy atom. The summed E-state index contributed by atoms with van der Waals surface area (Å²) < 4.78 is 0. The third kappa shape index (κ3) is 2.97. The Morgan fingerprint density at radius 2 is 2.21 bits per heavy atom. The minimum atomic E-state index is 0.293. The topological polar surface area (TPSA) is 17.1 Å². The molecule has 2 atom stereocenters. The highest BCUT2D eigenvalue weighted by Crippen LogP contribution is 2.30. The van der Waals surface area contributed by atoms with Crippen molar-refractivity contribution < 1.29 is 4.79 Å². The van der Waals surface area contributed by atoms with Crippen LogP contribution in [0.1, 0.15) is 47.0 Å². The van der Waals surface area contributed by atoms with E-state index in [2.05, 4.69) is 33.8 Å². The van der Waals surface area contributed by atoms with Crippen LogP contribution in [0.3, 0.4) is 0 Å². The van der Waals surface area contributed by atoms with E-state index in [1.165, 1.54) is 5.57 Å². The molecule has 0 aromatic rings. The highest BCUT2D eigenvalue weighted by molar-refractivity contribution is 5.81. The van der Waals surface area contributed by atoms with Crippen LogP contribution in [0.4, 0.5) is 0 Å². The monoisotopic (exact) mass is 194 g/mol. The van der Waals surface area contributed by atoms with Crippen molar-refractivity contribution >= 4 is 5.78 Å². The number of carbonyl (C=O) groups excluding carboxylic acids is 1. The first-order chi connectivity index (χ1) is 6.50. The molecule has 1 aliphatic carbocycles. The Hall–Kier alpha value is -0.590. The molecule has 0 aliphatic heterocycles. The van der Waals surface area contributed by atoms with Gasteiger partial charge in [-0.05, 0) is 31.6 Å². The van der Waals surface area contributed by atoms with Crippen molar-refractivity contribution in [2.45, 2.75) is 47.0 Å². The second-order valence-corrected chi connectivity index (χ2v) is 5.08. The molecule has 1 rings (SSSR count). The first-order valence-corrected chi connectivity index (χ1v) is 5.70. The average Bonchev–Trinajstić information content (AvgIpc) is 2.01. The summed E-state index contributed by atoms with van der Waals surface area (Å²) in [6.45, 7) is 8.57. The number of hydrogen-bond donors (Lipinski definition) is 0. The predicted octanol–water partition coefficient (Wildman–Crippen LogP) is 3.59. The van der Waals surface area contributed by atoms with Gasteiger partial charge in [-0.1, -0.05) is 32.4 Å². The lowest BCUT2D eigenvalue weighted by Crippen LogP contribution is -2.24. The molecule has 14 heavy (non-hydrogen) atoms. The van der Waals surface area contributed by atoms with Crippen molar-refractivity contribution in [1.29, 1.82) is 0 Å². The molecule has 0 bridgehead atoms. The molecule has 0 saturated carbocycles. The van der Waals surface area contributed by atoms with Crippen LogP contribution in [-0.4, -0.2) is 5.78 Å². The lowest BCUT2D eigenvalue weighted by molar-refractivity contribution is -0.124. The molecule has 1 nitrogen and oxygen atoms in total. The Labute approximate surface area is 87.6 Å². The van der Waals surface area contributed by atoms with Crippen molar-refractivity contribution in [1.82, 2.24) is 0 Å². The van der Waals surface area contributed by atoms with Gasteiger partial charge in [-0.25, -0.2) is 0 Å². The van der Waals surface area contributed by atoms with Gasteiger partial charge in [0, 0.05) is 12.3 Å². The summed E-state index contributed by atoms with van der Waals surface area (Å²) in [6.07, 6.45) is 5.20. The number of allylic oxidation sites excluding steroid dienone is 2. The molecule has 0 radical (unpaired) electrons. The minimum absolute atomic E-state index is 0.293. The van der Waals surface area contributed by atoms with Gasteiger partial charge in [0.15, 0.2) is 0 Å². The summed E-state index contributed by atoms with van der Waals surface area (Å²) >= 11 is 0. The van der Waals surface area contributed by atoms with Gasteiger partial charge in [-0.2, -0.15) is 0 Å². The van der Waals surface area contributed by atoms with Gasteiger partial charge in [0.1, 0.15) is 5.78 Å². The molecule has 0 amide bonds. The summed E-state index contributed by atoms with van der Waals surface area (Å²) in [7, 11) is 0. The van der Waals surface area contributed by atoms with Crippen molar-refractivity contribution in [3.05, 3.63) is 11.6 Å². The molecular weight excluding hydrogens is 172 g/mol. The van der Waals surface area contributed by atoms with E-state index >= 15 is 0 Å². The Morgan fingerprint density at radius 3 is 2.71 bits per heavy atom. The van der Waals surface area contributed by atoms with E-state index in [0.717, 1.165) is 19.3 Å². The summed E-state index contributed by atoms with van der Waals surface area (Å²) in [4.78, 5) is 11.9. The van der Waals surface area contributed by atoms with Gasteiger partial charge in [0.2, 0.25) is 0 Å². The fourth-order valence-electron chi connectivity index (χ4n) is 2.30. The zero-order chi connectivity index (χ0) is 10.7. The second kappa shape index (κ2) is 4.77. The maximum absolute atomic E-state index is 11.9. The SMILES string of the molecule is CC1=CC(C)C(C(=O)CC(C)C)CC1. The molecule has 0 fully saturated rings. The standard InChI is InChI=1S/C13H22O/c1-9(2)7-13(14)12-6-5-10(3)8-11(12)4/h8-9,11-12H,5-7H2,1-4H3. The first kappa shape index (κ1) is 11.5. The van der Waals surface area contributed by atoms with Crippen molar-refractivity contribution in [2.24, 2.45) is 17.8 Å². The van der Waals surface area contributed by atoms with Gasteiger partial charge < -0.3 is 0 Å². The molecule has 0 aromatic carbocycles. The summed E-state index contributed by atoms with van der Waals surface area (Å²) in [5.74, 6) is 1.72. The Bertz CT molecular complexity index is 238. The highest BCUT2D eigenvalue weighted by Gasteiger charge is 2.26. The summed E-state index contributed by atoms with van der Waals surface area (Å²) in [6, 6.07) is 0. The van der Waals surface area contributed by atoms with Gasteiger partial charge in [0.25, 0.3) is 0 Å². The van der Waals surface area contributed by atoms with Crippen LogP contribution < -0.4 is 0 Å². The average molecular weight is 194 g/mol. The van der Waals surface area contributed by atoms with Crippen molar-refractivity contribution in [2.75, 3.05) is 0 Å². The van der Waals surface area contributed by atoms with E-state index in [4.69, 9.17) is 0 Å². The molecular formula is C13H22O. The van der Waals surface area contributed by atoms with Gasteiger partial charge >= 0.3 is 0 Å². The Kier molecular flexibility index (Phi) is 3.91. The maximum Gasteiger partial charge on any atom is 0.136 e. The fraction of sp³-hybridized carbons (Fsp3) is 0.769. The van der Waals surface area contributed by atoms with E-state index < -0.39 is 0 Å². The lowest BCUT2D eigenvalue weighted by Gasteiger charge is -2.26. The van der Waals surface area contributed by atoms with Gasteiger partial charge in [-0.15, -0.1) is 0 Å². The fourth-order valence-corrected chi connectivity index (χ4v) is 2.30. The summed E-state index contributed by atoms with van der Waals surface area (Å²) in [5, 5.41) is 0. The molecule has 0 saturated heterocycles. The number of ketones is 1. The lowest BCUT2D eigenvalue weighted by atomic mass is 9.78. The zero-order valence-electron chi connectivity index (χ0n) is 9.84. The van der Waals surface area contributed by atoms with Crippen LogP contribution in [0, 0.1) is 17.8 Å². The van der Waals surface area contributed by atoms with E-state index in [9.17, 15) is 4.79 Å². The quantitative estimate of drug-likeness (QED) is 0.627. The van der Waals surface area contributed by atoms with Gasteiger partial charge in [0.05, 0.1) is 0 Å². The van der Waals surface area contributed by atoms with E-state index in [1.54, 1.807) is 0 Å². The molecule has 1 heteroatoms. The maximum atomic E-state index is 11.9. The van der Waals surface area contributed by atoms with E-state index in [1.807, 2.05) is 0 Å². The molecule has 0 spiro atoms. The number of hydrogen-bond acceptors (Lipinski definition) is 1. The van der Waals surface area contributed by atoms with Crippen LogP contribution in [-0.2, 0) is 4.79 Å². The van der Waals surface area contributed by atoms with Crippen LogP contribution in [0.2, 0.25) is 0 Å². The third-order valence-corrected chi connectivity index (χ3v) is 3.05. The molecule has 80 valence electrons. The van der Waals surface area contributed by atoms with Crippen molar-refractivity contribution in [3.63, 3.8) is 0 Å². The van der Waals surface area contributed by atoms with Crippen LogP contribution >= 0.6 is 0 Å². The van der Waals surface area contributed by atoms with E-state index in [-0.39, 0.29) is 0 Å². The number of carbonyl (C=O) groups is 1. The normalized spacial score (nSPS) is 27.6. The summed E-state index contributed by atoms with van der Waals surface area (Å²) in [5.41, 5.74) is 1.45. The second-order valence-electron chi connectivity index (χ2n) is 5.08. The molecule has 2 unspecified atom stereocenters. The Balaban J connectivity index is 2.57. The van der Waals surface area contributed by atoms with Gasteiger partial charge in [-0.3, -0.25) is 4.79 Å². The predicted molar refractivity (Wildman–Crippen MR) is 60.1 cm³/mol. The third-order valence-electron chi connectivity index (χ3n) is 3.05. The van der Waals surface area contributed by atoms with Crippen LogP contribution in [0.25, 0.3) is 0 Å². The molecule has 0 aromatic heterocycles. The zero-order valence-corrected chi connectivity index (χ0v) is 9.84. The molecule has 1 aliphatic rings. The van der Waals surface area contributed by atoms with Crippen molar-refractivity contribution in [3.8, 4) is 0 Å². The van der Waals surface area contributed by atoms with Crippen LogP contribution in [0.15, 0.2) is 11.6 Å². The molecule has 0 heterocycles. The molecule has 0 N–H and O–H groups in total. The minimum Gasteiger partial charge on any atom is -0.299 e. The highest BCUT2D eigenvalue weighted by atomic mass is 16.1. The number of rotatable bonds is 3. The first-order valence-electron chi connectivity index (χ1n) is 5.70. The van der Waals surface area contributed by atoms with Crippen LogP contribution in [0.5, 0.6) is 0 Å².